The van der Waals surface area contributed by atoms with Crippen molar-refractivity contribution in [3.63, 3.8) is 0 Å². The minimum atomic E-state index is -1.37. The quantitative estimate of drug-likeness (QED) is 0.613. The van der Waals surface area contributed by atoms with Crippen molar-refractivity contribution in [3.05, 3.63) is 29.3 Å². The third-order valence-corrected chi connectivity index (χ3v) is 5.65. The van der Waals surface area contributed by atoms with Crippen LogP contribution in [0.3, 0.4) is 0 Å². The number of hydrogen-bond acceptors (Lipinski definition) is 3. The maximum absolute atomic E-state index is 13.6. The van der Waals surface area contributed by atoms with Crippen molar-refractivity contribution in [2.24, 2.45) is 9.81 Å². The first-order valence-corrected chi connectivity index (χ1v) is 8.42. The largest absolute Gasteiger partial charge is 0.591 e. The number of benzene rings is 1. The second-order valence-corrected chi connectivity index (χ2v) is 8.98. The molecule has 3 rings (SSSR count). The maximum Gasteiger partial charge on any atom is 0.162 e. The number of halogens is 2. The van der Waals surface area contributed by atoms with E-state index in [1.165, 1.54) is 6.07 Å². The molecule has 1 aliphatic heterocycles. The number of hydrogen-bond donors (Lipinski definition) is 0. The van der Waals surface area contributed by atoms with Gasteiger partial charge < -0.3 is 9.29 Å². The molecule has 1 fully saturated rings. The standard InChI is InChI=1S/C16H19F2NO2S/c1-15(2,3)22(20)19-8-11-10-6-12(17)13(18)7-14(10)21-9-16(11)4-5-16/h6-8,11H,4-5,9H2,1-3H3. The first kappa shape index (κ1) is 15.7. The van der Waals surface area contributed by atoms with E-state index in [0.717, 1.165) is 18.9 Å². The number of rotatable bonds is 2. The summed E-state index contributed by atoms with van der Waals surface area (Å²) in [5.74, 6) is -1.64. The molecule has 120 valence electrons. The van der Waals surface area contributed by atoms with Crippen LogP contribution in [-0.2, 0) is 11.4 Å². The Balaban J connectivity index is 1.96. The minimum absolute atomic E-state index is 0.108. The molecule has 1 saturated carbocycles. The number of fused-ring (bicyclic) bond motifs is 1. The fourth-order valence-electron chi connectivity index (χ4n) is 2.68. The van der Waals surface area contributed by atoms with E-state index in [2.05, 4.69) is 4.40 Å². The van der Waals surface area contributed by atoms with Crippen LogP contribution in [0.15, 0.2) is 16.5 Å². The lowest BCUT2D eigenvalue weighted by atomic mass is 9.82. The van der Waals surface area contributed by atoms with E-state index < -0.39 is 27.7 Å². The summed E-state index contributed by atoms with van der Waals surface area (Å²) in [6, 6.07) is 2.27. The molecular formula is C16H19F2NO2S. The molecule has 2 aliphatic rings. The van der Waals surface area contributed by atoms with Crippen LogP contribution in [0.5, 0.6) is 5.75 Å². The molecule has 0 aromatic heterocycles. The first-order valence-electron chi connectivity index (χ1n) is 7.31. The van der Waals surface area contributed by atoms with Crippen molar-refractivity contribution in [2.75, 3.05) is 6.61 Å². The fraction of sp³-hybridized carbons (Fsp3) is 0.562. The van der Waals surface area contributed by atoms with Crippen molar-refractivity contribution in [2.45, 2.75) is 44.3 Å². The summed E-state index contributed by atoms with van der Waals surface area (Å²) in [4.78, 5) is 0. The van der Waals surface area contributed by atoms with E-state index in [9.17, 15) is 13.3 Å². The van der Waals surface area contributed by atoms with Crippen LogP contribution in [0.4, 0.5) is 8.78 Å². The maximum atomic E-state index is 13.6. The van der Waals surface area contributed by atoms with Gasteiger partial charge in [0.05, 0.1) is 12.8 Å². The van der Waals surface area contributed by atoms with Crippen LogP contribution < -0.4 is 4.74 Å². The van der Waals surface area contributed by atoms with Gasteiger partial charge in [-0.2, -0.15) is 0 Å². The Morgan fingerprint density at radius 1 is 1.32 bits per heavy atom. The summed E-state index contributed by atoms with van der Waals surface area (Å²) in [6.07, 6.45) is 3.54. The summed E-state index contributed by atoms with van der Waals surface area (Å²) in [5, 5.41) is 0. The summed E-state index contributed by atoms with van der Waals surface area (Å²) >= 11 is -1.37. The molecule has 2 atom stereocenters. The van der Waals surface area contributed by atoms with Gasteiger partial charge in [0, 0.05) is 23.0 Å². The van der Waals surface area contributed by atoms with E-state index in [4.69, 9.17) is 4.74 Å². The van der Waals surface area contributed by atoms with Crippen molar-refractivity contribution >= 4 is 17.6 Å². The fourth-order valence-corrected chi connectivity index (χ4v) is 3.23. The number of nitrogens with zero attached hydrogens (tertiary/aromatic N) is 1. The van der Waals surface area contributed by atoms with Gasteiger partial charge in [0.2, 0.25) is 0 Å². The molecule has 22 heavy (non-hydrogen) atoms. The minimum Gasteiger partial charge on any atom is -0.591 e. The number of ether oxygens (including phenoxy) is 1. The summed E-state index contributed by atoms with van der Waals surface area (Å²) < 4.78 is 48.4. The molecule has 0 saturated heterocycles. The summed E-state index contributed by atoms with van der Waals surface area (Å²) in [6.45, 7) is 6.00. The van der Waals surface area contributed by atoms with Gasteiger partial charge in [-0.3, -0.25) is 0 Å². The van der Waals surface area contributed by atoms with Gasteiger partial charge in [0.1, 0.15) is 21.9 Å². The molecule has 1 aromatic rings. The molecular weight excluding hydrogens is 308 g/mol. The zero-order valence-electron chi connectivity index (χ0n) is 12.9. The molecule has 1 aliphatic carbocycles. The van der Waals surface area contributed by atoms with E-state index in [1.54, 1.807) is 6.21 Å². The topological polar surface area (TPSA) is 44.7 Å². The second kappa shape index (κ2) is 5.20. The van der Waals surface area contributed by atoms with Gasteiger partial charge in [-0.25, -0.2) is 8.78 Å². The highest BCUT2D eigenvalue weighted by atomic mass is 32.2. The van der Waals surface area contributed by atoms with Gasteiger partial charge in [-0.1, -0.05) is 4.40 Å². The highest BCUT2D eigenvalue weighted by Crippen LogP contribution is 2.59. The van der Waals surface area contributed by atoms with Crippen molar-refractivity contribution < 1.29 is 18.1 Å². The van der Waals surface area contributed by atoms with E-state index in [1.807, 2.05) is 20.8 Å². The van der Waals surface area contributed by atoms with Crippen LogP contribution in [0, 0.1) is 17.0 Å². The molecule has 0 amide bonds. The lowest BCUT2D eigenvalue weighted by Gasteiger charge is -2.31. The summed E-state index contributed by atoms with van der Waals surface area (Å²) in [5.41, 5.74) is 0.486. The third-order valence-electron chi connectivity index (χ3n) is 4.28. The molecule has 0 radical (unpaired) electrons. The average Bonchev–Trinajstić information content (AvgIpc) is 3.19. The summed E-state index contributed by atoms with van der Waals surface area (Å²) in [7, 11) is 0. The zero-order chi connectivity index (χ0) is 16.1. The van der Waals surface area contributed by atoms with Crippen molar-refractivity contribution in [1.82, 2.24) is 0 Å². The Morgan fingerprint density at radius 2 is 1.95 bits per heavy atom. The highest BCUT2D eigenvalue weighted by molar-refractivity contribution is 7.91. The van der Waals surface area contributed by atoms with Gasteiger partial charge in [-0.05, 0) is 39.7 Å². The van der Waals surface area contributed by atoms with Crippen LogP contribution in [0.25, 0.3) is 0 Å². The van der Waals surface area contributed by atoms with Crippen LogP contribution in [0.1, 0.15) is 45.1 Å². The Labute approximate surface area is 132 Å². The Bertz CT molecular complexity index is 623. The third kappa shape index (κ3) is 2.74. The molecule has 6 heteroatoms. The van der Waals surface area contributed by atoms with Crippen LogP contribution in [-0.4, -0.2) is 22.1 Å². The first-order chi connectivity index (χ1) is 10.2. The predicted molar refractivity (Wildman–Crippen MR) is 82.6 cm³/mol. The van der Waals surface area contributed by atoms with Gasteiger partial charge in [0.15, 0.2) is 11.6 Å². The Hall–Kier alpha value is -1.14. The molecule has 1 spiro atoms. The Kier molecular flexibility index (Phi) is 3.72. The molecule has 2 unspecified atom stereocenters. The molecule has 1 heterocycles. The SMILES string of the molecule is CC(C)(C)[S+]([O-])N=CC1c2cc(F)c(F)cc2OCC12CC2. The molecule has 0 bridgehead atoms. The second-order valence-electron chi connectivity index (χ2n) is 7.05. The molecule has 1 aromatic carbocycles. The predicted octanol–water partition coefficient (Wildman–Crippen LogP) is 3.75. The Morgan fingerprint density at radius 3 is 2.55 bits per heavy atom. The zero-order valence-corrected chi connectivity index (χ0v) is 13.7. The highest BCUT2D eigenvalue weighted by Gasteiger charge is 2.53. The lowest BCUT2D eigenvalue weighted by molar-refractivity contribution is 0.197. The van der Waals surface area contributed by atoms with Gasteiger partial charge >= 0.3 is 0 Å². The molecule has 0 N–H and O–H groups in total. The van der Waals surface area contributed by atoms with E-state index >= 15 is 0 Å². The van der Waals surface area contributed by atoms with Crippen molar-refractivity contribution in [1.29, 1.82) is 0 Å². The monoisotopic (exact) mass is 327 g/mol. The van der Waals surface area contributed by atoms with Gasteiger partial charge in [0.25, 0.3) is 0 Å². The van der Waals surface area contributed by atoms with Crippen molar-refractivity contribution in [3.8, 4) is 5.75 Å². The van der Waals surface area contributed by atoms with E-state index in [-0.39, 0.29) is 11.3 Å². The van der Waals surface area contributed by atoms with Crippen LogP contribution >= 0.6 is 0 Å². The van der Waals surface area contributed by atoms with E-state index in [0.29, 0.717) is 17.9 Å². The molecule has 3 nitrogen and oxygen atoms in total. The van der Waals surface area contributed by atoms with Crippen LogP contribution in [0.2, 0.25) is 0 Å². The smallest absolute Gasteiger partial charge is 0.162 e. The van der Waals surface area contributed by atoms with Gasteiger partial charge in [-0.15, -0.1) is 0 Å². The lowest BCUT2D eigenvalue weighted by Crippen LogP contribution is -2.30. The normalized spacial score (nSPS) is 24.2. The average molecular weight is 327 g/mol.